The highest BCUT2D eigenvalue weighted by atomic mass is 35.5. The number of hydrogen-bond donors (Lipinski definition) is 0. The van der Waals surface area contributed by atoms with Gasteiger partial charge in [-0.15, -0.1) is 12.4 Å². The van der Waals surface area contributed by atoms with Gasteiger partial charge in [0.05, 0.1) is 6.54 Å². The summed E-state index contributed by atoms with van der Waals surface area (Å²) in [5.41, 5.74) is 1.96. The Morgan fingerprint density at radius 3 is 1.84 bits per heavy atom. The van der Waals surface area contributed by atoms with Gasteiger partial charge in [-0.25, -0.2) is 0 Å². The van der Waals surface area contributed by atoms with Crippen molar-refractivity contribution in [2.24, 2.45) is 0 Å². The Hall–Kier alpha value is -2.70. The second kappa shape index (κ2) is 11.6. The molecular formula is C24H30ClNO5. The molecule has 2 rings (SSSR count). The predicted molar refractivity (Wildman–Crippen MR) is 121 cm³/mol. The highest BCUT2D eigenvalue weighted by Gasteiger charge is 2.25. The second-order valence-corrected chi connectivity index (χ2v) is 8.11. The third-order valence-corrected chi connectivity index (χ3v) is 4.55. The first kappa shape index (κ1) is 26.3. The number of carbonyl (C=O) groups excluding carboxylic acids is 3. The molecule has 168 valence electrons. The van der Waals surface area contributed by atoms with E-state index in [0.717, 1.165) is 5.56 Å². The number of carbonyl (C=O) groups is 3. The lowest BCUT2D eigenvalue weighted by molar-refractivity contribution is -0.186. The molecule has 6 nitrogen and oxygen atoms in total. The van der Waals surface area contributed by atoms with Crippen LogP contribution in [0.4, 0.5) is 0 Å². The molecule has 31 heavy (non-hydrogen) atoms. The van der Waals surface area contributed by atoms with Crippen LogP contribution in [0, 0.1) is 0 Å². The normalized spacial score (nSPS) is 11.1. The third-order valence-electron chi connectivity index (χ3n) is 4.55. The topological polar surface area (TPSA) is 72.9 Å². The molecule has 0 radical (unpaired) electrons. The first-order chi connectivity index (χ1) is 14.1. The number of ketones is 1. The third kappa shape index (κ3) is 8.52. The largest absolute Gasteiger partial charge is 0.421 e. The number of benzene rings is 2. The Labute approximate surface area is 189 Å². The van der Waals surface area contributed by atoms with Gasteiger partial charge in [-0.05, 0) is 26.3 Å². The molecule has 2 aromatic carbocycles. The molecule has 0 unspecified atom stereocenters. The average molecular weight is 448 g/mol. The Morgan fingerprint density at radius 2 is 1.39 bits per heavy atom. The molecule has 0 aliphatic heterocycles. The van der Waals surface area contributed by atoms with Gasteiger partial charge in [0.1, 0.15) is 0 Å². The summed E-state index contributed by atoms with van der Waals surface area (Å²) in [5, 5.41) is 0. The van der Waals surface area contributed by atoms with Crippen LogP contribution in [0.5, 0.6) is 0 Å². The van der Waals surface area contributed by atoms with Gasteiger partial charge in [-0.2, -0.15) is 0 Å². The van der Waals surface area contributed by atoms with Crippen molar-refractivity contribution in [2.45, 2.75) is 53.0 Å². The maximum absolute atomic E-state index is 12.9. The molecule has 7 heteroatoms. The van der Waals surface area contributed by atoms with E-state index in [1.165, 1.54) is 13.8 Å². The Kier molecular flexibility index (Phi) is 9.88. The average Bonchev–Trinajstić information content (AvgIpc) is 2.66. The monoisotopic (exact) mass is 447 g/mol. The molecule has 0 N–H and O–H groups in total. The van der Waals surface area contributed by atoms with Crippen LogP contribution in [0.3, 0.4) is 0 Å². The molecular weight excluding hydrogens is 418 g/mol. The van der Waals surface area contributed by atoms with E-state index in [2.05, 4.69) is 25.7 Å². The number of halogens is 1. The molecule has 0 heterocycles. The van der Waals surface area contributed by atoms with Crippen molar-refractivity contribution in [1.29, 1.82) is 0 Å². The van der Waals surface area contributed by atoms with Crippen LogP contribution in [-0.2, 0) is 25.6 Å². The van der Waals surface area contributed by atoms with Crippen molar-refractivity contribution in [2.75, 3.05) is 6.54 Å². The molecule has 0 fully saturated rings. The minimum absolute atomic E-state index is 0. The van der Waals surface area contributed by atoms with E-state index in [9.17, 15) is 14.4 Å². The van der Waals surface area contributed by atoms with Crippen LogP contribution in [-0.4, -0.2) is 34.7 Å². The molecule has 0 aliphatic rings. The number of hydrogen-bond acceptors (Lipinski definition) is 6. The van der Waals surface area contributed by atoms with Crippen LogP contribution in [0.15, 0.2) is 54.6 Å². The van der Waals surface area contributed by atoms with Crippen LogP contribution in [0.25, 0.3) is 0 Å². The van der Waals surface area contributed by atoms with E-state index in [1.54, 1.807) is 24.3 Å². The van der Waals surface area contributed by atoms with Gasteiger partial charge in [0.2, 0.25) is 0 Å². The van der Waals surface area contributed by atoms with Gasteiger partial charge < -0.3 is 9.47 Å². The number of Topliss-reactive ketones (excluding diaryl/α,β-unsaturated/α-hetero) is 1. The lowest BCUT2D eigenvalue weighted by Gasteiger charge is -2.35. The van der Waals surface area contributed by atoms with E-state index >= 15 is 0 Å². The van der Waals surface area contributed by atoms with E-state index in [0.29, 0.717) is 17.7 Å². The maximum atomic E-state index is 12.9. The molecule has 0 saturated carbocycles. The lowest BCUT2D eigenvalue weighted by Crippen LogP contribution is -2.43. The van der Waals surface area contributed by atoms with Crippen molar-refractivity contribution < 1.29 is 23.9 Å². The summed E-state index contributed by atoms with van der Waals surface area (Å²) in [5.74, 6) is -1.16. The van der Waals surface area contributed by atoms with Crippen molar-refractivity contribution >= 4 is 30.1 Å². The fourth-order valence-electron chi connectivity index (χ4n) is 2.89. The van der Waals surface area contributed by atoms with Gasteiger partial charge in [0, 0.05) is 37.1 Å². The molecule has 0 atom stereocenters. The number of nitrogens with zero attached hydrogens (tertiary/aromatic N) is 1. The van der Waals surface area contributed by atoms with Gasteiger partial charge in [-0.3, -0.25) is 19.3 Å². The lowest BCUT2D eigenvalue weighted by atomic mass is 10.0. The Morgan fingerprint density at radius 1 is 0.871 bits per heavy atom. The molecule has 0 aliphatic carbocycles. The van der Waals surface area contributed by atoms with Crippen LogP contribution >= 0.6 is 12.4 Å². The highest BCUT2D eigenvalue weighted by molar-refractivity contribution is 5.97. The Balaban J connectivity index is 0.00000480. The van der Waals surface area contributed by atoms with Crippen molar-refractivity contribution in [3.63, 3.8) is 0 Å². The summed E-state index contributed by atoms with van der Waals surface area (Å²) < 4.78 is 10.1. The van der Waals surface area contributed by atoms with E-state index < -0.39 is 18.2 Å². The molecule has 0 spiro atoms. The van der Waals surface area contributed by atoms with Crippen LogP contribution < -0.4 is 0 Å². The smallest absolute Gasteiger partial charge is 0.305 e. The van der Waals surface area contributed by atoms with Crippen molar-refractivity contribution in [1.82, 2.24) is 4.90 Å². The van der Waals surface area contributed by atoms with E-state index in [1.807, 2.05) is 30.3 Å². The molecule has 0 bridgehead atoms. The highest BCUT2D eigenvalue weighted by Crippen LogP contribution is 2.22. The van der Waals surface area contributed by atoms with E-state index in [4.69, 9.17) is 9.47 Å². The number of esters is 2. The van der Waals surface area contributed by atoms with Gasteiger partial charge >= 0.3 is 11.9 Å². The summed E-state index contributed by atoms with van der Waals surface area (Å²) in [6.45, 7) is 9.63. The first-order valence-corrected chi connectivity index (χ1v) is 9.83. The fourth-order valence-corrected chi connectivity index (χ4v) is 2.89. The molecule has 0 amide bonds. The first-order valence-electron chi connectivity index (χ1n) is 9.83. The molecule has 0 aromatic heterocycles. The van der Waals surface area contributed by atoms with Gasteiger partial charge in [0.25, 0.3) is 6.29 Å². The zero-order valence-electron chi connectivity index (χ0n) is 18.6. The summed E-state index contributed by atoms with van der Waals surface area (Å²) in [7, 11) is 0. The quantitative estimate of drug-likeness (QED) is 0.331. The molecule has 2 aromatic rings. The summed E-state index contributed by atoms with van der Waals surface area (Å²) in [6, 6.07) is 16.6. The maximum Gasteiger partial charge on any atom is 0.305 e. The zero-order valence-corrected chi connectivity index (χ0v) is 19.4. The minimum Gasteiger partial charge on any atom is -0.421 e. The number of ether oxygens (including phenoxy) is 2. The zero-order chi connectivity index (χ0) is 22.3. The predicted octanol–water partition coefficient (Wildman–Crippen LogP) is 4.72. The fraction of sp³-hybridized carbons (Fsp3) is 0.375. The summed E-state index contributed by atoms with van der Waals surface area (Å²) in [6.07, 6.45) is -1.13. The van der Waals surface area contributed by atoms with E-state index in [-0.39, 0.29) is 30.3 Å². The minimum atomic E-state index is -1.13. The second-order valence-electron chi connectivity index (χ2n) is 8.11. The van der Waals surface area contributed by atoms with Crippen LogP contribution in [0.2, 0.25) is 0 Å². The van der Waals surface area contributed by atoms with Gasteiger partial charge in [-0.1, -0.05) is 54.6 Å². The van der Waals surface area contributed by atoms with Crippen molar-refractivity contribution in [3.8, 4) is 0 Å². The van der Waals surface area contributed by atoms with Gasteiger partial charge in [0.15, 0.2) is 5.78 Å². The standard InChI is InChI=1S/C24H29NO5.ClH/c1-17(26)29-23(30-18(2)27)21-13-11-20(12-14-21)22(28)16-25(24(3,4)5)15-19-9-7-6-8-10-19;/h6-14,23H,15-16H2,1-5H3;1H. The molecule has 0 saturated heterocycles. The number of rotatable bonds is 8. The summed E-state index contributed by atoms with van der Waals surface area (Å²) >= 11 is 0. The van der Waals surface area contributed by atoms with Crippen LogP contribution in [0.1, 0.15) is 62.4 Å². The summed E-state index contributed by atoms with van der Waals surface area (Å²) in [4.78, 5) is 37.6. The van der Waals surface area contributed by atoms with Crippen molar-refractivity contribution in [3.05, 3.63) is 71.3 Å². The SMILES string of the molecule is CC(=O)OC(OC(C)=O)c1ccc(C(=O)CN(Cc2ccccc2)C(C)(C)C)cc1.Cl. The Bertz CT molecular complexity index is 859.